The second-order valence-electron chi connectivity index (χ2n) is 5.66. The van der Waals surface area contributed by atoms with E-state index in [1.807, 2.05) is 0 Å². The normalized spacial score (nSPS) is 16.9. The fourth-order valence-corrected chi connectivity index (χ4v) is 2.26. The number of nitrogens with one attached hydrogen (secondary N) is 1. The van der Waals surface area contributed by atoms with E-state index >= 15 is 0 Å². The highest BCUT2D eigenvalue weighted by Gasteiger charge is 2.17. The molecule has 2 heterocycles. The predicted molar refractivity (Wildman–Crippen MR) is 79.7 cm³/mol. The molecule has 5 heteroatoms. The molecular formula is C14H25N5. The van der Waals surface area contributed by atoms with Gasteiger partial charge in [0.25, 0.3) is 0 Å². The first-order valence-corrected chi connectivity index (χ1v) is 7.11. The van der Waals surface area contributed by atoms with E-state index in [0.717, 1.165) is 43.7 Å². The summed E-state index contributed by atoms with van der Waals surface area (Å²) in [4.78, 5) is 13.2. The van der Waals surface area contributed by atoms with Crippen molar-refractivity contribution in [2.75, 3.05) is 50.5 Å². The standard InChI is InChI=1S/C14H25N5/c1-12-4-7-19(8-5-12)14-10-13(16-11-17-14)15-6-9-18(2)3/h10-12H,4-9H2,1-3H3,(H,15,16,17). The SMILES string of the molecule is CC1CCN(c2cc(NCCN(C)C)ncn2)CC1. The Balaban J connectivity index is 1.91. The maximum absolute atomic E-state index is 4.40. The van der Waals surface area contributed by atoms with Gasteiger partial charge in [-0.2, -0.15) is 0 Å². The molecular weight excluding hydrogens is 238 g/mol. The average Bonchev–Trinajstić information content (AvgIpc) is 2.39. The number of hydrogen-bond donors (Lipinski definition) is 1. The predicted octanol–water partition coefficient (Wildman–Crippen LogP) is 1.69. The molecule has 5 nitrogen and oxygen atoms in total. The summed E-state index contributed by atoms with van der Waals surface area (Å²) >= 11 is 0. The third-order valence-electron chi connectivity index (χ3n) is 3.63. The Morgan fingerprint density at radius 1 is 1.32 bits per heavy atom. The summed E-state index contributed by atoms with van der Waals surface area (Å²) in [7, 11) is 4.14. The third kappa shape index (κ3) is 4.35. The van der Waals surface area contributed by atoms with Gasteiger partial charge in [-0.15, -0.1) is 0 Å². The van der Waals surface area contributed by atoms with E-state index in [2.05, 4.69) is 52.2 Å². The van der Waals surface area contributed by atoms with Crippen molar-refractivity contribution in [3.63, 3.8) is 0 Å². The molecule has 1 fully saturated rings. The minimum Gasteiger partial charge on any atom is -0.369 e. The largest absolute Gasteiger partial charge is 0.369 e. The van der Waals surface area contributed by atoms with Crippen LogP contribution in [0.25, 0.3) is 0 Å². The van der Waals surface area contributed by atoms with E-state index in [9.17, 15) is 0 Å². The second kappa shape index (κ2) is 6.70. The lowest BCUT2D eigenvalue weighted by molar-refractivity contribution is 0.425. The molecule has 2 rings (SSSR count). The van der Waals surface area contributed by atoms with Crippen LogP contribution in [0.15, 0.2) is 12.4 Å². The van der Waals surface area contributed by atoms with Gasteiger partial charge in [0.2, 0.25) is 0 Å². The molecule has 1 saturated heterocycles. The molecule has 1 aliphatic heterocycles. The average molecular weight is 263 g/mol. The number of hydrogen-bond acceptors (Lipinski definition) is 5. The Morgan fingerprint density at radius 3 is 2.74 bits per heavy atom. The fraction of sp³-hybridized carbons (Fsp3) is 0.714. The Morgan fingerprint density at radius 2 is 2.05 bits per heavy atom. The number of anilines is 2. The number of likely N-dealkylation sites (N-methyl/N-ethyl adjacent to an activating group) is 1. The van der Waals surface area contributed by atoms with Crippen molar-refractivity contribution in [3.05, 3.63) is 12.4 Å². The molecule has 1 N–H and O–H groups in total. The lowest BCUT2D eigenvalue weighted by atomic mass is 9.99. The number of aromatic nitrogens is 2. The molecule has 0 aliphatic carbocycles. The van der Waals surface area contributed by atoms with E-state index in [-0.39, 0.29) is 0 Å². The second-order valence-corrected chi connectivity index (χ2v) is 5.66. The summed E-state index contributed by atoms with van der Waals surface area (Å²) < 4.78 is 0. The molecule has 0 spiro atoms. The summed E-state index contributed by atoms with van der Waals surface area (Å²) in [5.41, 5.74) is 0. The Hall–Kier alpha value is -1.36. The van der Waals surface area contributed by atoms with Crippen LogP contribution >= 0.6 is 0 Å². The first-order valence-electron chi connectivity index (χ1n) is 7.11. The first-order chi connectivity index (χ1) is 9.15. The van der Waals surface area contributed by atoms with E-state index in [0.29, 0.717) is 0 Å². The van der Waals surface area contributed by atoms with Gasteiger partial charge in [0, 0.05) is 32.2 Å². The van der Waals surface area contributed by atoms with Crippen molar-refractivity contribution in [2.45, 2.75) is 19.8 Å². The van der Waals surface area contributed by atoms with Crippen LogP contribution in [0.1, 0.15) is 19.8 Å². The van der Waals surface area contributed by atoms with Gasteiger partial charge in [0.15, 0.2) is 0 Å². The molecule has 0 bridgehead atoms. The van der Waals surface area contributed by atoms with E-state index in [1.165, 1.54) is 12.8 Å². The molecule has 0 aromatic carbocycles. The lowest BCUT2D eigenvalue weighted by Gasteiger charge is -2.31. The van der Waals surface area contributed by atoms with Crippen LogP contribution in [0.2, 0.25) is 0 Å². The molecule has 1 aromatic heterocycles. The summed E-state index contributed by atoms with van der Waals surface area (Å²) in [6.45, 7) is 6.44. The minimum absolute atomic E-state index is 0.843. The highest BCUT2D eigenvalue weighted by Crippen LogP contribution is 2.22. The van der Waals surface area contributed by atoms with Crippen LogP contribution in [-0.2, 0) is 0 Å². The quantitative estimate of drug-likeness (QED) is 0.876. The molecule has 0 saturated carbocycles. The van der Waals surface area contributed by atoms with E-state index < -0.39 is 0 Å². The molecule has 0 atom stereocenters. The fourth-order valence-electron chi connectivity index (χ4n) is 2.26. The number of nitrogens with zero attached hydrogens (tertiary/aromatic N) is 4. The topological polar surface area (TPSA) is 44.3 Å². The molecule has 0 radical (unpaired) electrons. The van der Waals surface area contributed by atoms with Crippen LogP contribution in [0.3, 0.4) is 0 Å². The van der Waals surface area contributed by atoms with Gasteiger partial charge in [0.1, 0.15) is 18.0 Å². The Labute approximate surface area is 116 Å². The van der Waals surface area contributed by atoms with Gasteiger partial charge < -0.3 is 15.1 Å². The zero-order valence-electron chi connectivity index (χ0n) is 12.3. The summed E-state index contributed by atoms with van der Waals surface area (Å²) in [5.74, 6) is 2.82. The van der Waals surface area contributed by atoms with Crippen molar-refractivity contribution in [3.8, 4) is 0 Å². The number of rotatable bonds is 5. The van der Waals surface area contributed by atoms with E-state index in [4.69, 9.17) is 0 Å². The first kappa shape index (κ1) is 14.1. The summed E-state index contributed by atoms with van der Waals surface area (Å²) in [6.07, 6.45) is 4.17. The summed E-state index contributed by atoms with van der Waals surface area (Å²) in [5, 5.41) is 3.34. The van der Waals surface area contributed by atoms with Crippen molar-refractivity contribution < 1.29 is 0 Å². The van der Waals surface area contributed by atoms with Gasteiger partial charge in [-0.3, -0.25) is 0 Å². The van der Waals surface area contributed by atoms with Crippen LogP contribution in [0.5, 0.6) is 0 Å². The Bertz CT molecular complexity index is 385. The molecule has 0 unspecified atom stereocenters. The van der Waals surface area contributed by atoms with Crippen LogP contribution in [0.4, 0.5) is 11.6 Å². The maximum Gasteiger partial charge on any atom is 0.134 e. The molecule has 1 aromatic rings. The van der Waals surface area contributed by atoms with Gasteiger partial charge in [-0.1, -0.05) is 6.92 Å². The minimum atomic E-state index is 0.843. The van der Waals surface area contributed by atoms with Crippen molar-refractivity contribution in [1.82, 2.24) is 14.9 Å². The van der Waals surface area contributed by atoms with Gasteiger partial charge in [0.05, 0.1) is 0 Å². The van der Waals surface area contributed by atoms with Gasteiger partial charge in [-0.05, 0) is 32.9 Å². The highest BCUT2D eigenvalue weighted by molar-refractivity contribution is 5.48. The Kier molecular flexibility index (Phi) is 4.96. The van der Waals surface area contributed by atoms with Crippen molar-refractivity contribution in [2.24, 2.45) is 5.92 Å². The van der Waals surface area contributed by atoms with Crippen LogP contribution in [-0.4, -0.2) is 55.1 Å². The molecule has 19 heavy (non-hydrogen) atoms. The smallest absolute Gasteiger partial charge is 0.134 e. The maximum atomic E-state index is 4.40. The summed E-state index contributed by atoms with van der Waals surface area (Å²) in [6, 6.07) is 2.06. The van der Waals surface area contributed by atoms with E-state index in [1.54, 1.807) is 6.33 Å². The molecule has 106 valence electrons. The van der Waals surface area contributed by atoms with Crippen LogP contribution in [0, 0.1) is 5.92 Å². The number of piperidine rings is 1. The van der Waals surface area contributed by atoms with Gasteiger partial charge >= 0.3 is 0 Å². The van der Waals surface area contributed by atoms with Crippen LogP contribution < -0.4 is 10.2 Å². The zero-order valence-corrected chi connectivity index (χ0v) is 12.3. The highest BCUT2D eigenvalue weighted by atomic mass is 15.2. The monoisotopic (exact) mass is 263 g/mol. The van der Waals surface area contributed by atoms with Crippen molar-refractivity contribution in [1.29, 1.82) is 0 Å². The third-order valence-corrected chi connectivity index (χ3v) is 3.63. The molecule has 0 amide bonds. The van der Waals surface area contributed by atoms with Gasteiger partial charge in [-0.25, -0.2) is 9.97 Å². The molecule has 1 aliphatic rings. The zero-order chi connectivity index (χ0) is 13.7. The lowest BCUT2D eigenvalue weighted by Crippen LogP contribution is -2.33. The van der Waals surface area contributed by atoms with Crippen molar-refractivity contribution >= 4 is 11.6 Å².